The van der Waals surface area contributed by atoms with Gasteiger partial charge in [-0.25, -0.2) is 14.0 Å². The molecule has 1 fully saturated rings. The van der Waals surface area contributed by atoms with Crippen LogP contribution in [0.25, 0.3) is 27.5 Å². The van der Waals surface area contributed by atoms with Gasteiger partial charge in [-0.15, -0.1) is 0 Å². The predicted octanol–water partition coefficient (Wildman–Crippen LogP) is 7.45. The SMILES string of the molecule is CC(C)(C)OC(=O)N1CCCC(n2cc(-c3cc(Sc4cccc5cnn(COCC[Si](C)(C)C)c45)c4c(C#N)cnn4c3)cn2)C1. The second kappa shape index (κ2) is 13.2. The van der Waals surface area contributed by atoms with E-state index >= 15 is 0 Å². The van der Waals surface area contributed by atoms with Crippen molar-refractivity contribution < 1.29 is 14.3 Å². The van der Waals surface area contributed by atoms with Crippen molar-refractivity contribution in [2.75, 3.05) is 19.7 Å². The molecule has 1 saturated heterocycles. The number of aromatic nitrogens is 6. The van der Waals surface area contributed by atoms with Crippen molar-refractivity contribution >= 4 is 42.3 Å². The molecule has 1 aliphatic rings. The summed E-state index contributed by atoms with van der Waals surface area (Å²) >= 11 is 1.59. The highest BCUT2D eigenvalue weighted by atomic mass is 32.2. The summed E-state index contributed by atoms with van der Waals surface area (Å²) in [7, 11) is -1.20. The first kappa shape index (κ1) is 32.8. The minimum Gasteiger partial charge on any atom is -0.444 e. The Kier molecular flexibility index (Phi) is 9.20. The van der Waals surface area contributed by atoms with Crippen LogP contribution in [0.4, 0.5) is 4.79 Å². The van der Waals surface area contributed by atoms with Gasteiger partial charge < -0.3 is 14.4 Å². The zero-order valence-electron chi connectivity index (χ0n) is 27.9. The molecule has 13 heteroatoms. The summed E-state index contributed by atoms with van der Waals surface area (Å²) in [4.78, 5) is 16.5. The van der Waals surface area contributed by atoms with Gasteiger partial charge in [0.2, 0.25) is 0 Å². The maximum Gasteiger partial charge on any atom is 0.410 e. The number of benzene rings is 1. The van der Waals surface area contributed by atoms with Crippen LogP contribution in [-0.4, -0.2) is 73.5 Å². The molecule has 5 heterocycles. The first-order valence-electron chi connectivity index (χ1n) is 16.0. The summed E-state index contributed by atoms with van der Waals surface area (Å²) in [6.45, 7) is 15.0. The normalized spacial score (nSPS) is 15.8. The van der Waals surface area contributed by atoms with E-state index in [9.17, 15) is 10.1 Å². The maximum atomic E-state index is 12.8. The second-order valence-corrected chi connectivity index (χ2v) is 21.0. The molecular weight excluding hydrogens is 629 g/mol. The summed E-state index contributed by atoms with van der Waals surface area (Å²) in [5, 5.41) is 24.9. The van der Waals surface area contributed by atoms with E-state index in [1.54, 1.807) is 27.4 Å². The van der Waals surface area contributed by atoms with Gasteiger partial charge in [-0.1, -0.05) is 43.5 Å². The molecule has 0 radical (unpaired) electrons. The molecule has 6 rings (SSSR count). The summed E-state index contributed by atoms with van der Waals surface area (Å²) in [5.41, 5.74) is 3.57. The largest absolute Gasteiger partial charge is 0.444 e. The zero-order chi connectivity index (χ0) is 33.3. The van der Waals surface area contributed by atoms with Gasteiger partial charge in [0.1, 0.15) is 18.4 Å². The van der Waals surface area contributed by atoms with E-state index in [1.165, 1.54) is 0 Å². The average molecular weight is 671 g/mol. The van der Waals surface area contributed by atoms with E-state index in [4.69, 9.17) is 14.6 Å². The number of para-hydroxylation sites is 1. The molecule has 5 aromatic rings. The summed E-state index contributed by atoms with van der Waals surface area (Å²) in [6, 6.07) is 11.7. The van der Waals surface area contributed by atoms with Crippen LogP contribution in [0.5, 0.6) is 0 Å². The number of pyridine rings is 1. The van der Waals surface area contributed by atoms with Gasteiger partial charge >= 0.3 is 6.09 Å². The number of nitriles is 1. The summed E-state index contributed by atoms with van der Waals surface area (Å²) < 4.78 is 17.3. The molecular formula is C34H42N8O3SSi. The Hall–Kier alpha value is -4.12. The summed E-state index contributed by atoms with van der Waals surface area (Å²) in [6.07, 6.45) is 10.8. The van der Waals surface area contributed by atoms with Crippen molar-refractivity contribution in [3.63, 3.8) is 0 Å². The van der Waals surface area contributed by atoms with Crippen LogP contribution in [0.1, 0.15) is 45.2 Å². The van der Waals surface area contributed by atoms with E-state index in [1.807, 2.05) is 61.0 Å². The van der Waals surface area contributed by atoms with Gasteiger partial charge in [0.15, 0.2) is 0 Å². The fraction of sp³-hybridized carbons (Fsp3) is 0.441. The monoisotopic (exact) mass is 670 g/mol. The molecule has 0 saturated carbocycles. The topological polar surface area (TPSA) is 116 Å². The number of ether oxygens (including phenoxy) is 2. The Bertz CT molecular complexity index is 1940. The standard InChI is InChI=1S/C34H42N8O3SSi/c1-34(2,3)45-33(43)39-12-8-10-28(22-39)40-21-27(19-36-40)25-15-30(32-26(16-35)18-37-41(32)20-25)46-29-11-7-9-24-17-38-42(31(24)29)23-44-13-14-47(4,5)6/h7,9,11,15,17-21,28H,8,10,12-14,22-23H2,1-6H3. The molecule has 0 N–H and O–H groups in total. The van der Waals surface area contributed by atoms with E-state index in [2.05, 4.69) is 54.1 Å². The first-order valence-corrected chi connectivity index (χ1v) is 20.5. The molecule has 1 aromatic carbocycles. The van der Waals surface area contributed by atoms with Crippen LogP contribution in [0.15, 0.2) is 65.0 Å². The lowest BCUT2D eigenvalue weighted by Gasteiger charge is -2.34. The van der Waals surface area contributed by atoms with Crippen molar-refractivity contribution in [2.24, 2.45) is 0 Å². The number of nitrogens with zero attached hydrogens (tertiary/aromatic N) is 8. The number of fused-ring (bicyclic) bond motifs is 2. The molecule has 11 nitrogen and oxygen atoms in total. The van der Waals surface area contributed by atoms with Crippen molar-refractivity contribution in [3.8, 4) is 17.2 Å². The third kappa shape index (κ3) is 7.56. The Morgan fingerprint density at radius 1 is 1.06 bits per heavy atom. The highest BCUT2D eigenvalue weighted by Gasteiger charge is 2.29. The van der Waals surface area contributed by atoms with Crippen LogP contribution in [0, 0.1) is 11.3 Å². The van der Waals surface area contributed by atoms with E-state index in [-0.39, 0.29) is 12.1 Å². The fourth-order valence-corrected chi connectivity index (χ4v) is 7.64. The van der Waals surface area contributed by atoms with Crippen molar-refractivity contribution in [1.29, 1.82) is 5.26 Å². The molecule has 1 unspecified atom stereocenters. The number of likely N-dealkylation sites (tertiary alicyclic amines) is 1. The Labute approximate surface area is 280 Å². The fourth-order valence-electron chi connectivity index (χ4n) is 5.69. The van der Waals surface area contributed by atoms with Gasteiger partial charge in [-0.3, -0.25) is 4.68 Å². The number of amides is 1. The Morgan fingerprint density at radius 3 is 2.66 bits per heavy atom. The molecule has 1 aliphatic heterocycles. The van der Waals surface area contributed by atoms with E-state index in [0.29, 0.717) is 32.0 Å². The Morgan fingerprint density at radius 2 is 1.89 bits per heavy atom. The highest BCUT2D eigenvalue weighted by Crippen LogP contribution is 2.39. The number of hydrogen-bond donors (Lipinski definition) is 0. The van der Waals surface area contributed by atoms with E-state index in [0.717, 1.165) is 56.2 Å². The first-order chi connectivity index (χ1) is 22.4. The maximum absolute atomic E-state index is 12.8. The lowest BCUT2D eigenvalue weighted by molar-refractivity contribution is 0.0167. The third-order valence-electron chi connectivity index (χ3n) is 8.11. The van der Waals surface area contributed by atoms with Gasteiger partial charge in [-0.2, -0.15) is 20.6 Å². The second-order valence-electron chi connectivity index (χ2n) is 14.3. The van der Waals surface area contributed by atoms with Crippen LogP contribution in [-0.2, 0) is 16.2 Å². The lowest BCUT2D eigenvalue weighted by atomic mass is 10.1. The quantitative estimate of drug-likeness (QED) is 0.117. The minimum atomic E-state index is -1.20. The van der Waals surface area contributed by atoms with E-state index < -0.39 is 13.7 Å². The van der Waals surface area contributed by atoms with Gasteiger partial charge in [0, 0.05) is 66.5 Å². The molecule has 4 aromatic heterocycles. The van der Waals surface area contributed by atoms with Crippen LogP contribution in [0.3, 0.4) is 0 Å². The van der Waals surface area contributed by atoms with Crippen molar-refractivity contribution in [1.82, 2.24) is 34.1 Å². The number of piperidine rings is 1. The number of hydrogen-bond acceptors (Lipinski definition) is 8. The molecule has 0 bridgehead atoms. The van der Waals surface area contributed by atoms with Crippen LogP contribution < -0.4 is 0 Å². The number of carbonyl (C=O) groups excluding carboxylic acids is 1. The van der Waals surface area contributed by atoms with Crippen LogP contribution in [0.2, 0.25) is 25.7 Å². The number of rotatable bonds is 9. The minimum absolute atomic E-state index is 0.0448. The molecule has 246 valence electrons. The van der Waals surface area contributed by atoms with Crippen molar-refractivity contribution in [2.45, 2.75) is 87.5 Å². The van der Waals surface area contributed by atoms with Gasteiger partial charge in [0.05, 0.1) is 41.2 Å². The third-order valence-corrected chi connectivity index (χ3v) is 10.9. The van der Waals surface area contributed by atoms with Gasteiger partial charge in [-0.05, 0) is 51.8 Å². The molecule has 0 aliphatic carbocycles. The molecule has 0 spiro atoms. The van der Waals surface area contributed by atoms with Crippen molar-refractivity contribution in [3.05, 3.63) is 60.8 Å². The summed E-state index contributed by atoms with van der Waals surface area (Å²) in [5.74, 6) is 0. The highest BCUT2D eigenvalue weighted by molar-refractivity contribution is 7.99. The molecule has 1 amide bonds. The molecule has 47 heavy (non-hydrogen) atoms. The zero-order valence-corrected chi connectivity index (χ0v) is 29.8. The molecule has 1 atom stereocenters. The van der Waals surface area contributed by atoms with Gasteiger partial charge in [0.25, 0.3) is 0 Å². The predicted molar refractivity (Wildman–Crippen MR) is 185 cm³/mol. The lowest BCUT2D eigenvalue weighted by Crippen LogP contribution is -2.43. The Balaban J connectivity index is 1.29. The average Bonchev–Trinajstić information content (AvgIpc) is 3.77. The number of carbonyl (C=O) groups is 1. The smallest absolute Gasteiger partial charge is 0.410 e. The van der Waals surface area contributed by atoms with Crippen LogP contribution >= 0.6 is 11.8 Å².